The Kier molecular flexibility index (Phi) is 3.46. The van der Waals surface area contributed by atoms with E-state index in [0.29, 0.717) is 0 Å². The first-order chi connectivity index (χ1) is 6.56. The Balaban J connectivity index is 2.66. The predicted octanol–water partition coefficient (Wildman–Crippen LogP) is 0.0212. The number of carbonyl (C=O) groups is 2. The van der Waals surface area contributed by atoms with Gasteiger partial charge >= 0.3 is 11.9 Å². The standard InChI is InChI=1S/C9H14O5/c1-2-14-9(13)7-4-5(10)3-6(7)8(11)12/h5-7,10H,2-4H2,1H3,(H,11,12). The Bertz CT molecular complexity index is 237. The van der Waals surface area contributed by atoms with Crippen LogP contribution in [0.15, 0.2) is 0 Å². The Morgan fingerprint density at radius 1 is 1.36 bits per heavy atom. The van der Waals surface area contributed by atoms with Crippen LogP contribution in [0.4, 0.5) is 0 Å². The molecule has 0 amide bonds. The van der Waals surface area contributed by atoms with Gasteiger partial charge in [0.05, 0.1) is 24.5 Å². The van der Waals surface area contributed by atoms with Crippen molar-refractivity contribution in [2.75, 3.05) is 6.61 Å². The molecule has 1 rings (SSSR count). The smallest absolute Gasteiger partial charge is 0.309 e. The molecule has 5 nitrogen and oxygen atoms in total. The molecule has 0 saturated heterocycles. The number of carboxylic acid groups (broad SMARTS) is 1. The lowest BCUT2D eigenvalue weighted by Gasteiger charge is -2.13. The van der Waals surface area contributed by atoms with E-state index in [-0.39, 0.29) is 19.4 Å². The first-order valence-electron chi connectivity index (χ1n) is 4.63. The monoisotopic (exact) mass is 202 g/mol. The minimum Gasteiger partial charge on any atom is -0.481 e. The Hall–Kier alpha value is -1.10. The summed E-state index contributed by atoms with van der Waals surface area (Å²) in [6.45, 7) is 1.90. The fourth-order valence-corrected chi connectivity index (χ4v) is 1.79. The molecule has 1 aliphatic carbocycles. The van der Waals surface area contributed by atoms with Gasteiger partial charge in [0, 0.05) is 0 Å². The number of rotatable bonds is 3. The van der Waals surface area contributed by atoms with Crippen molar-refractivity contribution in [2.24, 2.45) is 11.8 Å². The maximum Gasteiger partial charge on any atom is 0.309 e. The molecular weight excluding hydrogens is 188 g/mol. The number of aliphatic carboxylic acids is 1. The molecule has 0 bridgehead atoms. The van der Waals surface area contributed by atoms with E-state index in [1.807, 2.05) is 0 Å². The van der Waals surface area contributed by atoms with E-state index in [1.165, 1.54) is 0 Å². The SMILES string of the molecule is CCOC(=O)C1CC(O)CC1C(=O)O. The molecule has 80 valence electrons. The van der Waals surface area contributed by atoms with E-state index in [4.69, 9.17) is 9.84 Å². The second kappa shape index (κ2) is 4.41. The number of aliphatic hydroxyl groups excluding tert-OH is 1. The maximum absolute atomic E-state index is 11.3. The molecule has 1 fully saturated rings. The fraction of sp³-hybridized carbons (Fsp3) is 0.778. The van der Waals surface area contributed by atoms with Gasteiger partial charge in [0.25, 0.3) is 0 Å². The molecule has 0 heterocycles. The topological polar surface area (TPSA) is 83.8 Å². The van der Waals surface area contributed by atoms with Gasteiger partial charge in [0.2, 0.25) is 0 Å². The second-order valence-electron chi connectivity index (χ2n) is 3.43. The van der Waals surface area contributed by atoms with E-state index < -0.39 is 29.9 Å². The molecule has 0 aromatic rings. The van der Waals surface area contributed by atoms with Crippen LogP contribution in [0.2, 0.25) is 0 Å². The molecule has 0 aromatic heterocycles. The molecule has 3 unspecified atom stereocenters. The average Bonchev–Trinajstić information content (AvgIpc) is 2.48. The lowest BCUT2D eigenvalue weighted by atomic mass is 9.96. The molecule has 1 aliphatic rings. The van der Waals surface area contributed by atoms with Crippen molar-refractivity contribution in [3.63, 3.8) is 0 Å². The number of ether oxygens (including phenoxy) is 1. The van der Waals surface area contributed by atoms with Crippen molar-refractivity contribution in [2.45, 2.75) is 25.9 Å². The maximum atomic E-state index is 11.3. The van der Waals surface area contributed by atoms with Gasteiger partial charge in [-0.15, -0.1) is 0 Å². The van der Waals surface area contributed by atoms with Crippen LogP contribution in [0.1, 0.15) is 19.8 Å². The van der Waals surface area contributed by atoms with Crippen LogP contribution in [0.3, 0.4) is 0 Å². The third kappa shape index (κ3) is 2.23. The van der Waals surface area contributed by atoms with Crippen LogP contribution in [-0.2, 0) is 14.3 Å². The molecule has 5 heteroatoms. The minimum absolute atomic E-state index is 0.138. The predicted molar refractivity (Wildman–Crippen MR) is 46.5 cm³/mol. The van der Waals surface area contributed by atoms with Crippen molar-refractivity contribution in [1.29, 1.82) is 0 Å². The molecule has 2 N–H and O–H groups in total. The lowest BCUT2D eigenvalue weighted by Crippen LogP contribution is -2.26. The summed E-state index contributed by atoms with van der Waals surface area (Å²) in [5, 5.41) is 18.1. The molecule has 1 saturated carbocycles. The molecule has 0 aromatic carbocycles. The summed E-state index contributed by atoms with van der Waals surface area (Å²) in [5.74, 6) is -3.05. The quantitative estimate of drug-likeness (QED) is 0.630. The highest BCUT2D eigenvalue weighted by atomic mass is 16.5. The first kappa shape index (κ1) is 11.0. The second-order valence-corrected chi connectivity index (χ2v) is 3.43. The van der Waals surface area contributed by atoms with Gasteiger partial charge in [0.1, 0.15) is 0 Å². The van der Waals surface area contributed by atoms with Gasteiger partial charge in [-0.25, -0.2) is 0 Å². The summed E-state index contributed by atoms with van der Waals surface area (Å²) in [4.78, 5) is 22.1. The van der Waals surface area contributed by atoms with Crippen molar-refractivity contribution in [3.05, 3.63) is 0 Å². The highest BCUT2D eigenvalue weighted by Gasteiger charge is 2.43. The van der Waals surface area contributed by atoms with Crippen LogP contribution in [0.25, 0.3) is 0 Å². The number of esters is 1. The van der Waals surface area contributed by atoms with E-state index in [9.17, 15) is 14.7 Å². The van der Waals surface area contributed by atoms with Crippen LogP contribution >= 0.6 is 0 Å². The summed E-state index contributed by atoms with van der Waals surface area (Å²) < 4.78 is 4.74. The van der Waals surface area contributed by atoms with E-state index >= 15 is 0 Å². The molecule has 0 spiro atoms. The first-order valence-corrected chi connectivity index (χ1v) is 4.63. The molecular formula is C9H14O5. The third-order valence-corrected chi connectivity index (χ3v) is 2.44. The number of hydrogen-bond donors (Lipinski definition) is 2. The molecule has 3 atom stereocenters. The van der Waals surface area contributed by atoms with Gasteiger partial charge in [-0.2, -0.15) is 0 Å². The largest absolute Gasteiger partial charge is 0.481 e. The summed E-state index contributed by atoms with van der Waals surface area (Å²) in [6, 6.07) is 0. The lowest BCUT2D eigenvalue weighted by molar-refractivity contribution is -0.156. The zero-order chi connectivity index (χ0) is 10.7. The summed E-state index contributed by atoms with van der Waals surface area (Å²) in [7, 11) is 0. The van der Waals surface area contributed by atoms with Gasteiger partial charge in [0.15, 0.2) is 0 Å². The highest BCUT2D eigenvalue weighted by Crippen LogP contribution is 2.33. The zero-order valence-corrected chi connectivity index (χ0v) is 7.97. The van der Waals surface area contributed by atoms with Crippen molar-refractivity contribution in [1.82, 2.24) is 0 Å². The van der Waals surface area contributed by atoms with E-state index in [1.54, 1.807) is 6.92 Å². The van der Waals surface area contributed by atoms with Crippen LogP contribution < -0.4 is 0 Å². The van der Waals surface area contributed by atoms with Crippen molar-refractivity contribution < 1.29 is 24.5 Å². The zero-order valence-electron chi connectivity index (χ0n) is 7.97. The van der Waals surface area contributed by atoms with Crippen LogP contribution in [0.5, 0.6) is 0 Å². The number of carboxylic acids is 1. The van der Waals surface area contributed by atoms with Crippen LogP contribution in [-0.4, -0.2) is 34.9 Å². The third-order valence-electron chi connectivity index (χ3n) is 2.44. The summed E-state index contributed by atoms with van der Waals surface area (Å²) in [5.41, 5.74) is 0. The number of hydrogen-bond acceptors (Lipinski definition) is 4. The van der Waals surface area contributed by atoms with E-state index in [0.717, 1.165) is 0 Å². The van der Waals surface area contributed by atoms with Gasteiger partial charge in [-0.3, -0.25) is 9.59 Å². The van der Waals surface area contributed by atoms with Gasteiger partial charge in [-0.05, 0) is 19.8 Å². The van der Waals surface area contributed by atoms with E-state index in [2.05, 4.69) is 0 Å². The molecule has 0 aliphatic heterocycles. The molecule has 14 heavy (non-hydrogen) atoms. The minimum atomic E-state index is -1.04. The van der Waals surface area contributed by atoms with Gasteiger partial charge in [-0.1, -0.05) is 0 Å². The normalized spacial score (nSPS) is 31.4. The highest BCUT2D eigenvalue weighted by molar-refractivity contribution is 5.81. The van der Waals surface area contributed by atoms with Gasteiger partial charge < -0.3 is 14.9 Å². The molecule has 0 radical (unpaired) electrons. The summed E-state index contributed by atoms with van der Waals surface area (Å²) in [6.07, 6.45) is -0.375. The fourth-order valence-electron chi connectivity index (χ4n) is 1.79. The van der Waals surface area contributed by atoms with Crippen molar-refractivity contribution in [3.8, 4) is 0 Å². The average molecular weight is 202 g/mol. The summed E-state index contributed by atoms with van der Waals surface area (Å²) >= 11 is 0. The van der Waals surface area contributed by atoms with Crippen LogP contribution in [0, 0.1) is 11.8 Å². The Morgan fingerprint density at radius 3 is 2.43 bits per heavy atom. The Labute approximate surface area is 81.7 Å². The number of carbonyl (C=O) groups excluding carboxylic acids is 1. The number of aliphatic hydroxyl groups is 1. The van der Waals surface area contributed by atoms with Crippen molar-refractivity contribution >= 4 is 11.9 Å². The Morgan fingerprint density at radius 2 is 1.93 bits per heavy atom.